The van der Waals surface area contributed by atoms with E-state index >= 15 is 0 Å². The van der Waals surface area contributed by atoms with Gasteiger partial charge in [0.25, 0.3) is 6.43 Å². The molecule has 0 saturated heterocycles. The molecule has 0 bridgehead atoms. The van der Waals surface area contributed by atoms with Crippen LogP contribution in [-0.2, 0) is 24.9 Å². The van der Waals surface area contributed by atoms with Crippen LogP contribution < -0.4 is 5.32 Å². The highest BCUT2D eigenvalue weighted by atomic mass is 19.3. The number of carbonyl (C=O) groups is 1. The van der Waals surface area contributed by atoms with E-state index in [1.54, 1.807) is 24.1 Å². The Morgan fingerprint density at radius 2 is 2.27 bits per heavy atom. The van der Waals surface area contributed by atoms with Crippen molar-refractivity contribution < 1.29 is 13.6 Å². The molecule has 1 saturated carbocycles. The fourth-order valence-corrected chi connectivity index (χ4v) is 2.29. The molecule has 1 aliphatic carbocycles. The second-order valence-electron chi connectivity index (χ2n) is 5.53. The van der Waals surface area contributed by atoms with Gasteiger partial charge in [-0.25, -0.2) is 8.78 Å². The smallest absolute Gasteiger partial charge is 0.280 e. The molecule has 0 atom stereocenters. The van der Waals surface area contributed by atoms with Crippen LogP contribution in [0.25, 0.3) is 0 Å². The molecule has 2 aromatic heterocycles. The van der Waals surface area contributed by atoms with E-state index in [1.807, 2.05) is 0 Å². The second-order valence-corrected chi connectivity index (χ2v) is 5.53. The Morgan fingerprint density at radius 1 is 1.50 bits per heavy atom. The summed E-state index contributed by atoms with van der Waals surface area (Å²) in [6.45, 7) is 0.111. The Labute approximate surface area is 126 Å². The topological polar surface area (TPSA) is 64.7 Å². The normalized spacial score (nSPS) is 14.5. The number of amides is 1. The summed E-state index contributed by atoms with van der Waals surface area (Å²) in [6.07, 6.45) is 2.75. The zero-order valence-electron chi connectivity index (χ0n) is 12.2. The minimum atomic E-state index is -2.63. The lowest BCUT2D eigenvalue weighted by molar-refractivity contribution is -0.122. The first-order chi connectivity index (χ1) is 10.5. The van der Waals surface area contributed by atoms with Crippen LogP contribution in [0.2, 0.25) is 0 Å². The Kier molecular flexibility index (Phi) is 3.91. The van der Waals surface area contributed by atoms with Gasteiger partial charge in [0.05, 0.1) is 11.9 Å². The number of halogens is 2. The third-order valence-corrected chi connectivity index (χ3v) is 3.59. The average molecular weight is 309 g/mol. The van der Waals surface area contributed by atoms with Crippen LogP contribution in [-0.4, -0.2) is 25.5 Å². The summed E-state index contributed by atoms with van der Waals surface area (Å²) < 4.78 is 28.8. The third-order valence-electron chi connectivity index (χ3n) is 3.59. The van der Waals surface area contributed by atoms with Gasteiger partial charge < -0.3 is 5.32 Å². The van der Waals surface area contributed by atoms with Crippen molar-refractivity contribution in [3.8, 4) is 0 Å². The summed E-state index contributed by atoms with van der Waals surface area (Å²) in [4.78, 5) is 11.9. The van der Waals surface area contributed by atoms with E-state index in [9.17, 15) is 13.6 Å². The first kappa shape index (κ1) is 14.7. The van der Waals surface area contributed by atoms with Crippen LogP contribution in [0.15, 0.2) is 18.5 Å². The number of carbonyl (C=O) groups excluding carboxylic acids is 1. The third kappa shape index (κ3) is 3.32. The number of aromatic nitrogens is 4. The molecule has 2 heterocycles. The van der Waals surface area contributed by atoms with Gasteiger partial charge in [-0.05, 0) is 18.9 Å². The van der Waals surface area contributed by atoms with E-state index in [2.05, 4.69) is 15.5 Å². The summed E-state index contributed by atoms with van der Waals surface area (Å²) in [5.41, 5.74) is 1.32. The fraction of sp³-hybridized carbons (Fsp3) is 0.500. The van der Waals surface area contributed by atoms with Crippen molar-refractivity contribution in [3.63, 3.8) is 0 Å². The van der Waals surface area contributed by atoms with Crippen LogP contribution in [0, 0.1) is 0 Å². The average Bonchev–Trinajstić information content (AvgIpc) is 3.10. The molecule has 1 N–H and O–H groups in total. The molecule has 0 spiro atoms. The number of alkyl halides is 2. The summed E-state index contributed by atoms with van der Waals surface area (Å²) in [7, 11) is 1.78. The maximum absolute atomic E-state index is 13.0. The molecule has 0 unspecified atom stereocenters. The molecule has 0 radical (unpaired) electrons. The van der Waals surface area contributed by atoms with Crippen LogP contribution in [0.1, 0.15) is 42.1 Å². The summed E-state index contributed by atoms with van der Waals surface area (Å²) in [6, 6.07) is 1.41. The molecular weight excluding hydrogens is 292 g/mol. The Bertz CT molecular complexity index is 675. The maximum atomic E-state index is 13.0. The van der Waals surface area contributed by atoms with Gasteiger partial charge in [0.2, 0.25) is 5.91 Å². The van der Waals surface area contributed by atoms with Gasteiger partial charge in [0.15, 0.2) is 0 Å². The van der Waals surface area contributed by atoms with Crippen molar-refractivity contribution >= 4 is 5.91 Å². The molecule has 1 fully saturated rings. The Hall–Kier alpha value is -2.25. The highest BCUT2D eigenvalue weighted by molar-refractivity contribution is 5.75. The largest absolute Gasteiger partial charge is 0.350 e. The molecule has 1 aliphatic rings. The van der Waals surface area contributed by atoms with Crippen LogP contribution in [0.4, 0.5) is 8.78 Å². The molecule has 118 valence electrons. The number of aryl methyl sites for hydroxylation is 1. The van der Waals surface area contributed by atoms with E-state index in [-0.39, 0.29) is 24.1 Å². The predicted octanol–water partition coefficient (Wildman–Crippen LogP) is 1.75. The molecule has 3 rings (SSSR count). The van der Waals surface area contributed by atoms with Crippen molar-refractivity contribution in [2.75, 3.05) is 0 Å². The van der Waals surface area contributed by atoms with Gasteiger partial charge in [0, 0.05) is 31.3 Å². The van der Waals surface area contributed by atoms with E-state index < -0.39 is 6.43 Å². The molecule has 0 aliphatic heterocycles. The molecule has 6 nitrogen and oxygen atoms in total. The monoisotopic (exact) mass is 309 g/mol. The number of hydrogen-bond donors (Lipinski definition) is 1. The van der Waals surface area contributed by atoms with Crippen LogP contribution >= 0.6 is 0 Å². The van der Waals surface area contributed by atoms with Crippen LogP contribution in [0.5, 0.6) is 0 Å². The van der Waals surface area contributed by atoms with Gasteiger partial charge in [0.1, 0.15) is 12.2 Å². The molecule has 1 amide bonds. The highest BCUT2D eigenvalue weighted by Crippen LogP contribution is 2.40. The van der Waals surface area contributed by atoms with E-state index in [4.69, 9.17) is 0 Å². The first-order valence-electron chi connectivity index (χ1n) is 7.13. The molecular formula is C14H17F2N5O. The van der Waals surface area contributed by atoms with Gasteiger partial charge in [-0.3, -0.25) is 14.2 Å². The van der Waals surface area contributed by atoms with Crippen molar-refractivity contribution in [2.24, 2.45) is 7.05 Å². The SMILES string of the molecule is Cn1cc(CNC(=O)Cn2nc(C3CC3)cc2C(F)F)cn1. The lowest BCUT2D eigenvalue weighted by Crippen LogP contribution is -2.28. The van der Waals surface area contributed by atoms with Crippen molar-refractivity contribution in [1.82, 2.24) is 24.9 Å². The molecule has 8 heteroatoms. The highest BCUT2D eigenvalue weighted by Gasteiger charge is 2.29. The number of rotatable bonds is 6. The lowest BCUT2D eigenvalue weighted by atomic mass is 10.3. The van der Waals surface area contributed by atoms with E-state index in [0.29, 0.717) is 12.2 Å². The summed E-state index contributed by atoms with van der Waals surface area (Å²) in [5, 5.41) is 10.8. The van der Waals surface area contributed by atoms with E-state index in [0.717, 1.165) is 23.1 Å². The van der Waals surface area contributed by atoms with E-state index in [1.165, 1.54) is 6.07 Å². The summed E-state index contributed by atoms with van der Waals surface area (Å²) >= 11 is 0. The molecule has 0 aromatic carbocycles. The van der Waals surface area contributed by atoms with Crippen molar-refractivity contribution in [3.05, 3.63) is 35.4 Å². The summed E-state index contributed by atoms with van der Waals surface area (Å²) in [5.74, 6) is -0.0756. The van der Waals surface area contributed by atoms with Gasteiger partial charge in [-0.2, -0.15) is 10.2 Å². The lowest BCUT2D eigenvalue weighted by Gasteiger charge is -2.07. The van der Waals surface area contributed by atoms with Gasteiger partial charge in [-0.1, -0.05) is 0 Å². The minimum absolute atomic E-state index is 0.196. The molecule has 22 heavy (non-hydrogen) atoms. The Morgan fingerprint density at radius 3 is 2.86 bits per heavy atom. The van der Waals surface area contributed by atoms with Crippen molar-refractivity contribution in [2.45, 2.75) is 38.3 Å². The zero-order valence-corrected chi connectivity index (χ0v) is 12.2. The Balaban J connectivity index is 1.62. The second kappa shape index (κ2) is 5.86. The molecule has 2 aromatic rings. The van der Waals surface area contributed by atoms with Gasteiger partial charge in [-0.15, -0.1) is 0 Å². The standard InChI is InChI=1S/C14H17F2N5O/c1-20-7-9(6-18-20)5-17-13(22)8-21-12(14(15)16)4-11(19-21)10-2-3-10/h4,6-7,10,14H,2-3,5,8H2,1H3,(H,17,22). The number of hydrogen-bond acceptors (Lipinski definition) is 3. The number of nitrogens with zero attached hydrogens (tertiary/aromatic N) is 4. The zero-order chi connectivity index (χ0) is 15.7. The fourth-order valence-electron chi connectivity index (χ4n) is 2.29. The van der Waals surface area contributed by atoms with Crippen LogP contribution in [0.3, 0.4) is 0 Å². The number of nitrogens with one attached hydrogen (secondary N) is 1. The predicted molar refractivity (Wildman–Crippen MR) is 74.2 cm³/mol. The quantitative estimate of drug-likeness (QED) is 0.884. The van der Waals surface area contributed by atoms with Gasteiger partial charge >= 0.3 is 0 Å². The van der Waals surface area contributed by atoms with Crippen molar-refractivity contribution in [1.29, 1.82) is 0 Å². The minimum Gasteiger partial charge on any atom is -0.350 e. The first-order valence-corrected chi connectivity index (χ1v) is 7.13. The maximum Gasteiger partial charge on any atom is 0.280 e.